The summed E-state index contributed by atoms with van der Waals surface area (Å²) in [5, 5.41) is 12.7. The molecule has 2 aliphatic heterocycles. The second kappa shape index (κ2) is 8.36. The van der Waals surface area contributed by atoms with E-state index >= 15 is 0 Å². The van der Waals surface area contributed by atoms with Gasteiger partial charge in [-0.15, -0.1) is 0 Å². The van der Waals surface area contributed by atoms with Gasteiger partial charge in [0.25, 0.3) is 0 Å². The molecule has 30 heavy (non-hydrogen) atoms. The molecule has 1 saturated carbocycles. The van der Waals surface area contributed by atoms with Crippen molar-refractivity contribution in [3.63, 3.8) is 0 Å². The van der Waals surface area contributed by atoms with Gasteiger partial charge in [0.2, 0.25) is 5.91 Å². The summed E-state index contributed by atoms with van der Waals surface area (Å²) in [6, 6.07) is -1.72. The third kappa shape index (κ3) is 5.07. The van der Waals surface area contributed by atoms with E-state index in [2.05, 4.69) is 5.32 Å². The largest absolute Gasteiger partial charge is 0.480 e. The third-order valence-corrected chi connectivity index (χ3v) is 6.39. The Morgan fingerprint density at radius 2 is 1.80 bits per heavy atom. The lowest BCUT2D eigenvalue weighted by Crippen LogP contribution is -2.56. The van der Waals surface area contributed by atoms with Crippen LogP contribution in [-0.4, -0.2) is 63.9 Å². The van der Waals surface area contributed by atoms with Crippen LogP contribution in [0.3, 0.4) is 0 Å². The fourth-order valence-electron chi connectivity index (χ4n) is 5.28. The molecule has 3 rings (SSSR count). The van der Waals surface area contributed by atoms with E-state index in [0.717, 1.165) is 32.1 Å². The summed E-state index contributed by atoms with van der Waals surface area (Å²) >= 11 is 0. The number of carboxylic acid groups (broad SMARTS) is 1. The molecule has 1 unspecified atom stereocenters. The number of fused-ring (bicyclic) bond motifs is 1. The average molecular weight is 425 g/mol. The summed E-state index contributed by atoms with van der Waals surface area (Å²) in [5.74, 6) is -1.62. The number of ether oxygens (including phenoxy) is 2. The molecule has 0 radical (unpaired) electrons. The van der Waals surface area contributed by atoms with Gasteiger partial charge < -0.3 is 24.8 Å². The van der Waals surface area contributed by atoms with E-state index in [4.69, 9.17) is 9.47 Å². The smallest absolute Gasteiger partial charge is 0.408 e. The number of carbonyl (C=O) groups is 3. The maximum atomic E-state index is 13.6. The summed E-state index contributed by atoms with van der Waals surface area (Å²) in [6.07, 6.45) is 4.41. The molecule has 170 valence electrons. The van der Waals surface area contributed by atoms with Gasteiger partial charge in [0.15, 0.2) is 0 Å². The molecule has 2 saturated heterocycles. The van der Waals surface area contributed by atoms with E-state index in [1.54, 1.807) is 20.8 Å². The number of amides is 2. The fourth-order valence-corrected chi connectivity index (χ4v) is 5.28. The van der Waals surface area contributed by atoms with Gasteiger partial charge in [0.05, 0.1) is 11.7 Å². The van der Waals surface area contributed by atoms with Crippen LogP contribution in [0.2, 0.25) is 0 Å². The molecule has 8 nitrogen and oxygen atoms in total. The highest BCUT2D eigenvalue weighted by Gasteiger charge is 2.56. The maximum Gasteiger partial charge on any atom is 0.408 e. The van der Waals surface area contributed by atoms with Crippen LogP contribution in [0.25, 0.3) is 0 Å². The van der Waals surface area contributed by atoms with Crippen molar-refractivity contribution in [2.24, 2.45) is 11.8 Å². The van der Waals surface area contributed by atoms with Crippen LogP contribution in [0, 0.1) is 11.8 Å². The quantitative estimate of drug-likeness (QED) is 0.719. The van der Waals surface area contributed by atoms with Crippen LogP contribution in [0.15, 0.2) is 0 Å². The van der Waals surface area contributed by atoms with Crippen LogP contribution >= 0.6 is 0 Å². The number of likely N-dealkylation sites (tertiary alicyclic amines) is 1. The molecule has 0 aromatic heterocycles. The third-order valence-electron chi connectivity index (χ3n) is 6.39. The zero-order chi connectivity index (χ0) is 22.3. The molecule has 4 atom stereocenters. The molecule has 0 aromatic rings. The second-order valence-corrected chi connectivity index (χ2v) is 10.6. The number of hydrogen-bond acceptors (Lipinski definition) is 5. The van der Waals surface area contributed by atoms with Crippen LogP contribution in [0.4, 0.5) is 4.79 Å². The van der Waals surface area contributed by atoms with E-state index in [1.165, 1.54) is 4.90 Å². The van der Waals surface area contributed by atoms with Crippen molar-refractivity contribution in [3.8, 4) is 0 Å². The van der Waals surface area contributed by atoms with Gasteiger partial charge in [0, 0.05) is 12.5 Å². The lowest BCUT2D eigenvalue weighted by Gasteiger charge is -2.35. The minimum atomic E-state index is -1.02. The maximum absolute atomic E-state index is 13.6. The zero-order valence-corrected chi connectivity index (χ0v) is 18.8. The number of hydrogen-bond donors (Lipinski definition) is 2. The molecule has 2 heterocycles. The number of carbonyl (C=O) groups excluding carboxylic acids is 2. The van der Waals surface area contributed by atoms with Crippen LogP contribution in [0.1, 0.15) is 73.1 Å². The Kier molecular flexibility index (Phi) is 6.37. The number of aliphatic carboxylic acids is 1. The topological polar surface area (TPSA) is 105 Å². The first-order chi connectivity index (χ1) is 13.9. The van der Waals surface area contributed by atoms with E-state index < -0.39 is 35.3 Å². The first kappa shape index (κ1) is 22.8. The van der Waals surface area contributed by atoms with Gasteiger partial charge in [-0.1, -0.05) is 19.3 Å². The van der Waals surface area contributed by atoms with Gasteiger partial charge in [-0.3, -0.25) is 4.79 Å². The fraction of sp³-hybridized carbons (Fsp3) is 0.864. The summed E-state index contributed by atoms with van der Waals surface area (Å²) in [6.45, 7) is 9.45. The normalized spacial score (nSPS) is 29.9. The molecule has 8 heteroatoms. The summed E-state index contributed by atoms with van der Waals surface area (Å²) in [4.78, 5) is 39.6. The highest BCUT2D eigenvalue weighted by Crippen LogP contribution is 2.43. The van der Waals surface area contributed by atoms with Crippen molar-refractivity contribution in [1.29, 1.82) is 0 Å². The number of alkyl carbamates (subject to hydrolysis) is 1. The highest BCUT2D eigenvalue weighted by atomic mass is 16.6. The van der Waals surface area contributed by atoms with Gasteiger partial charge in [-0.25, -0.2) is 9.59 Å². The van der Waals surface area contributed by atoms with Crippen LogP contribution in [0.5, 0.6) is 0 Å². The Hall–Kier alpha value is -1.83. The number of nitrogens with one attached hydrogen (secondary N) is 1. The zero-order valence-electron chi connectivity index (χ0n) is 18.8. The summed E-state index contributed by atoms with van der Waals surface area (Å²) in [7, 11) is 0. The van der Waals surface area contributed by atoms with Crippen molar-refractivity contribution in [2.75, 3.05) is 6.54 Å². The molecule has 3 fully saturated rings. The SMILES string of the molecule is CC(C)(C)OC(=O)N[C@H](C(=O)N1C[C@@H]2OC(C)(C)CC2[C@H]1C(=O)O)C1CCCCC1. The monoisotopic (exact) mass is 424 g/mol. The first-order valence-electron chi connectivity index (χ1n) is 11.1. The molecular formula is C22H36N2O6. The predicted molar refractivity (Wildman–Crippen MR) is 110 cm³/mol. The summed E-state index contributed by atoms with van der Waals surface area (Å²) < 4.78 is 11.4. The Bertz CT molecular complexity index is 680. The van der Waals surface area contributed by atoms with Crippen molar-refractivity contribution in [3.05, 3.63) is 0 Å². The lowest BCUT2D eigenvalue weighted by atomic mass is 9.83. The van der Waals surface area contributed by atoms with Gasteiger partial charge in [-0.2, -0.15) is 0 Å². The first-order valence-corrected chi connectivity index (χ1v) is 11.1. The Labute approximate surface area is 178 Å². The van der Waals surface area contributed by atoms with E-state index in [-0.39, 0.29) is 30.4 Å². The van der Waals surface area contributed by atoms with Crippen molar-refractivity contribution in [1.82, 2.24) is 10.2 Å². The van der Waals surface area contributed by atoms with E-state index in [0.29, 0.717) is 6.42 Å². The minimum absolute atomic E-state index is 0.0222. The minimum Gasteiger partial charge on any atom is -0.480 e. The molecule has 0 bridgehead atoms. The number of rotatable bonds is 4. The van der Waals surface area contributed by atoms with E-state index in [1.807, 2.05) is 13.8 Å². The van der Waals surface area contributed by atoms with E-state index in [9.17, 15) is 19.5 Å². The molecule has 3 aliphatic rings. The standard InChI is InChI=1S/C22H36N2O6/c1-21(2,3)30-20(28)23-16(13-9-7-6-8-10-13)18(25)24-12-15-14(17(24)19(26)27)11-22(4,5)29-15/h13-17H,6-12H2,1-5H3,(H,23,28)(H,26,27)/t14?,15-,16-,17-/m0/s1. The van der Waals surface area contributed by atoms with Crippen LogP contribution in [-0.2, 0) is 19.1 Å². The van der Waals surface area contributed by atoms with Crippen molar-refractivity contribution < 1.29 is 29.0 Å². The average Bonchev–Trinajstić information content (AvgIpc) is 3.09. The van der Waals surface area contributed by atoms with Crippen molar-refractivity contribution >= 4 is 18.0 Å². The summed E-state index contributed by atoms with van der Waals surface area (Å²) in [5.41, 5.74) is -1.08. The lowest BCUT2D eigenvalue weighted by molar-refractivity contribution is -0.151. The Balaban J connectivity index is 1.81. The van der Waals surface area contributed by atoms with Gasteiger partial charge >= 0.3 is 12.1 Å². The molecule has 0 spiro atoms. The number of nitrogens with zero attached hydrogens (tertiary/aromatic N) is 1. The van der Waals surface area contributed by atoms with Crippen LogP contribution < -0.4 is 5.32 Å². The van der Waals surface area contributed by atoms with Gasteiger partial charge in [0.1, 0.15) is 17.7 Å². The molecular weight excluding hydrogens is 388 g/mol. The molecule has 2 N–H and O–H groups in total. The molecule has 2 amide bonds. The predicted octanol–water partition coefficient (Wildman–Crippen LogP) is 2.94. The Morgan fingerprint density at radius 3 is 2.37 bits per heavy atom. The van der Waals surface area contributed by atoms with Gasteiger partial charge in [-0.05, 0) is 59.8 Å². The van der Waals surface area contributed by atoms with Crippen molar-refractivity contribution in [2.45, 2.75) is 103 Å². The second-order valence-electron chi connectivity index (χ2n) is 10.6. The Morgan fingerprint density at radius 1 is 1.17 bits per heavy atom. The molecule has 0 aromatic carbocycles. The highest BCUT2D eigenvalue weighted by molar-refractivity contribution is 5.90. The number of carboxylic acids is 1. The molecule has 1 aliphatic carbocycles.